The predicted octanol–water partition coefficient (Wildman–Crippen LogP) is 2.30. The predicted molar refractivity (Wildman–Crippen MR) is 86.7 cm³/mol. The molecule has 1 fully saturated rings. The van der Waals surface area contributed by atoms with Gasteiger partial charge in [-0.25, -0.2) is 0 Å². The van der Waals surface area contributed by atoms with Crippen LogP contribution in [0.2, 0.25) is 0 Å². The third kappa shape index (κ3) is 5.41. The Morgan fingerprint density at radius 1 is 1.43 bits per heavy atom. The quantitative estimate of drug-likeness (QED) is 0.840. The topological polar surface area (TPSA) is 41.6 Å². The van der Waals surface area contributed by atoms with E-state index in [0.29, 0.717) is 13.0 Å². The van der Waals surface area contributed by atoms with Gasteiger partial charge in [-0.2, -0.15) is 0 Å². The molecule has 1 saturated heterocycles. The number of ether oxygens (including phenoxy) is 1. The van der Waals surface area contributed by atoms with E-state index in [0.717, 1.165) is 39.1 Å². The molecule has 118 valence electrons. The van der Waals surface area contributed by atoms with Crippen molar-refractivity contribution in [1.82, 2.24) is 10.2 Å². The van der Waals surface area contributed by atoms with Crippen molar-refractivity contribution >= 4 is 17.2 Å². The lowest BCUT2D eigenvalue weighted by atomic mass is 10.0. The number of nitrogens with one attached hydrogen (secondary N) is 1. The number of nitrogens with zero attached hydrogens (tertiary/aromatic N) is 1. The van der Waals surface area contributed by atoms with Gasteiger partial charge in [0, 0.05) is 36.5 Å². The molecule has 21 heavy (non-hydrogen) atoms. The molecule has 0 aliphatic carbocycles. The number of thiophene rings is 1. The summed E-state index contributed by atoms with van der Waals surface area (Å²) in [5.41, 5.74) is -0.00675. The Balaban J connectivity index is 1.65. The van der Waals surface area contributed by atoms with E-state index in [1.807, 2.05) is 0 Å². The van der Waals surface area contributed by atoms with Crippen molar-refractivity contribution in [3.63, 3.8) is 0 Å². The van der Waals surface area contributed by atoms with Crippen LogP contribution >= 0.6 is 11.3 Å². The van der Waals surface area contributed by atoms with Gasteiger partial charge < -0.3 is 10.1 Å². The van der Waals surface area contributed by atoms with Gasteiger partial charge in [0.05, 0.1) is 13.2 Å². The van der Waals surface area contributed by atoms with E-state index in [1.54, 1.807) is 11.3 Å². The maximum absolute atomic E-state index is 12.0. The molecule has 0 bridgehead atoms. The summed E-state index contributed by atoms with van der Waals surface area (Å²) in [7, 11) is 0. The highest BCUT2D eigenvalue weighted by Crippen LogP contribution is 2.15. The molecule has 1 aromatic rings. The fourth-order valence-electron chi connectivity index (χ4n) is 2.56. The van der Waals surface area contributed by atoms with E-state index in [9.17, 15) is 4.79 Å². The lowest BCUT2D eigenvalue weighted by Gasteiger charge is -2.40. The Hall–Kier alpha value is -0.910. The normalized spacial score (nSPS) is 16.9. The number of carbonyl (C=O) groups excluding carboxylic acids is 1. The molecule has 0 aromatic carbocycles. The van der Waals surface area contributed by atoms with Crippen molar-refractivity contribution < 1.29 is 9.53 Å². The smallest absolute Gasteiger partial charge is 0.220 e. The zero-order valence-electron chi connectivity index (χ0n) is 13.1. The summed E-state index contributed by atoms with van der Waals surface area (Å²) in [6, 6.07) is 4.19. The van der Waals surface area contributed by atoms with Gasteiger partial charge in [-0.05, 0) is 38.1 Å². The van der Waals surface area contributed by atoms with Gasteiger partial charge in [0.25, 0.3) is 0 Å². The molecule has 0 radical (unpaired) electrons. The summed E-state index contributed by atoms with van der Waals surface area (Å²) in [4.78, 5) is 15.7. The minimum atomic E-state index is -0.00675. The van der Waals surface area contributed by atoms with Crippen LogP contribution in [0, 0.1) is 0 Å². The first-order chi connectivity index (χ1) is 10.1. The van der Waals surface area contributed by atoms with Crippen LogP contribution in [0.25, 0.3) is 0 Å². The van der Waals surface area contributed by atoms with Gasteiger partial charge in [0.2, 0.25) is 5.91 Å². The van der Waals surface area contributed by atoms with Crippen molar-refractivity contribution in [2.75, 3.05) is 32.8 Å². The second-order valence-corrected chi connectivity index (χ2v) is 7.15. The maximum Gasteiger partial charge on any atom is 0.220 e. The van der Waals surface area contributed by atoms with Gasteiger partial charge in [-0.3, -0.25) is 9.69 Å². The number of aryl methyl sites for hydroxylation is 1. The number of morpholine rings is 1. The Labute approximate surface area is 131 Å². The lowest BCUT2D eigenvalue weighted by Crippen LogP contribution is -2.55. The van der Waals surface area contributed by atoms with Crippen LogP contribution in [0.1, 0.15) is 31.6 Å². The van der Waals surface area contributed by atoms with Crippen LogP contribution in [0.15, 0.2) is 17.5 Å². The highest BCUT2D eigenvalue weighted by atomic mass is 32.1. The molecule has 1 aromatic heterocycles. The molecule has 1 aliphatic heterocycles. The number of hydrogen-bond acceptors (Lipinski definition) is 4. The molecule has 0 atom stereocenters. The van der Waals surface area contributed by atoms with E-state index >= 15 is 0 Å². The Morgan fingerprint density at radius 2 is 2.19 bits per heavy atom. The Morgan fingerprint density at radius 3 is 2.86 bits per heavy atom. The summed E-state index contributed by atoms with van der Waals surface area (Å²) in [5, 5.41) is 5.17. The van der Waals surface area contributed by atoms with E-state index in [-0.39, 0.29) is 11.4 Å². The van der Waals surface area contributed by atoms with E-state index in [2.05, 4.69) is 41.6 Å². The first-order valence-corrected chi connectivity index (χ1v) is 8.58. The largest absolute Gasteiger partial charge is 0.379 e. The third-order valence-corrected chi connectivity index (χ3v) is 4.93. The van der Waals surface area contributed by atoms with E-state index in [4.69, 9.17) is 4.74 Å². The zero-order chi connectivity index (χ0) is 15.1. The Kier molecular flexibility index (Phi) is 6.21. The second-order valence-electron chi connectivity index (χ2n) is 6.12. The Bertz CT molecular complexity index is 425. The number of amides is 1. The molecule has 0 spiro atoms. The molecule has 2 heterocycles. The second kappa shape index (κ2) is 7.92. The van der Waals surface area contributed by atoms with Crippen molar-refractivity contribution in [3.05, 3.63) is 22.4 Å². The number of carbonyl (C=O) groups is 1. The average molecular weight is 310 g/mol. The van der Waals surface area contributed by atoms with Crippen LogP contribution in [0.3, 0.4) is 0 Å². The highest BCUT2D eigenvalue weighted by Gasteiger charge is 2.28. The molecular formula is C16H26N2O2S. The fraction of sp³-hybridized carbons (Fsp3) is 0.688. The molecule has 1 amide bonds. The average Bonchev–Trinajstić information content (AvgIpc) is 2.99. The minimum absolute atomic E-state index is 0.00675. The fourth-order valence-corrected chi connectivity index (χ4v) is 3.31. The van der Waals surface area contributed by atoms with Crippen molar-refractivity contribution in [3.8, 4) is 0 Å². The van der Waals surface area contributed by atoms with Gasteiger partial charge in [0.15, 0.2) is 0 Å². The van der Waals surface area contributed by atoms with Gasteiger partial charge >= 0.3 is 0 Å². The first-order valence-electron chi connectivity index (χ1n) is 7.70. The van der Waals surface area contributed by atoms with E-state index in [1.165, 1.54) is 4.88 Å². The molecule has 0 saturated carbocycles. The summed E-state index contributed by atoms with van der Waals surface area (Å²) in [5.74, 6) is 0.160. The van der Waals surface area contributed by atoms with Crippen molar-refractivity contribution in [2.45, 2.75) is 38.6 Å². The van der Waals surface area contributed by atoms with Crippen LogP contribution < -0.4 is 5.32 Å². The lowest BCUT2D eigenvalue weighted by molar-refractivity contribution is -0.122. The molecular weight excluding hydrogens is 284 g/mol. The van der Waals surface area contributed by atoms with Crippen molar-refractivity contribution in [2.24, 2.45) is 0 Å². The third-order valence-electron chi connectivity index (χ3n) is 3.99. The summed E-state index contributed by atoms with van der Waals surface area (Å²) >= 11 is 1.76. The minimum Gasteiger partial charge on any atom is -0.379 e. The zero-order valence-corrected chi connectivity index (χ0v) is 13.9. The molecule has 1 N–H and O–H groups in total. The van der Waals surface area contributed by atoms with Crippen molar-refractivity contribution in [1.29, 1.82) is 0 Å². The summed E-state index contributed by atoms with van der Waals surface area (Å²) in [6.45, 7) is 8.54. The van der Waals surface area contributed by atoms with Gasteiger partial charge in [-0.1, -0.05) is 6.07 Å². The molecule has 2 rings (SSSR count). The van der Waals surface area contributed by atoms with Crippen LogP contribution in [0.5, 0.6) is 0 Å². The van der Waals surface area contributed by atoms with Crippen LogP contribution in [-0.4, -0.2) is 49.2 Å². The maximum atomic E-state index is 12.0. The van der Waals surface area contributed by atoms with Gasteiger partial charge in [-0.15, -0.1) is 11.3 Å². The van der Waals surface area contributed by atoms with E-state index < -0.39 is 0 Å². The number of rotatable bonds is 7. The van der Waals surface area contributed by atoms with Crippen LogP contribution in [0.4, 0.5) is 0 Å². The monoisotopic (exact) mass is 310 g/mol. The summed E-state index contributed by atoms with van der Waals surface area (Å²) < 4.78 is 5.38. The number of hydrogen-bond donors (Lipinski definition) is 1. The highest BCUT2D eigenvalue weighted by molar-refractivity contribution is 7.09. The SMILES string of the molecule is CC(C)(CNC(=O)CCCc1cccs1)N1CCOCC1. The first kappa shape index (κ1) is 16.5. The standard InChI is InChI=1S/C16H26N2O2S/c1-16(2,18-8-10-20-11-9-18)13-17-15(19)7-3-5-14-6-4-12-21-14/h4,6,12H,3,5,7-11,13H2,1-2H3,(H,17,19). The molecule has 4 nitrogen and oxygen atoms in total. The molecule has 0 unspecified atom stereocenters. The molecule has 5 heteroatoms. The summed E-state index contributed by atoms with van der Waals surface area (Å²) in [6.07, 6.45) is 2.53. The van der Waals surface area contributed by atoms with Gasteiger partial charge in [0.1, 0.15) is 0 Å². The van der Waals surface area contributed by atoms with Crippen LogP contribution in [-0.2, 0) is 16.0 Å². The molecule has 1 aliphatic rings.